The molecule has 1 rings (SSSR count). The van der Waals surface area contributed by atoms with Crippen LogP contribution in [0.25, 0.3) is 0 Å². The minimum Gasteiger partial charge on any atom is -0.508 e. The van der Waals surface area contributed by atoms with E-state index >= 15 is 0 Å². The lowest BCUT2D eigenvalue weighted by atomic mass is 10.0. The summed E-state index contributed by atoms with van der Waals surface area (Å²) in [5, 5.41) is 9.68. The third-order valence-electron chi connectivity index (χ3n) is 1.91. The van der Waals surface area contributed by atoms with Crippen LogP contribution in [0.5, 0.6) is 5.75 Å². The highest BCUT2D eigenvalue weighted by Crippen LogP contribution is 2.26. The van der Waals surface area contributed by atoms with Crippen LogP contribution in [-0.4, -0.2) is 17.4 Å². The van der Waals surface area contributed by atoms with Gasteiger partial charge in [-0.05, 0) is 31.2 Å². The molecule has 0 fully saturated rings. The molecule has 0 aliphatic heterocycles. The van der Waals surface area contributed by atoms with Crippen LogP contribution < -0.4 is 5.73 Å². The summed E-state index contributed by atoms with van der Waals surface area (Å²) in [5.74, 6) is -0.0937. The second-order valence-corrected chi connectivity index (χ2v) is 3.46. The Labute approximate surface area is 87.5 Å². The first kappa shape index (κ1) is 11.0. The van der Waals surface area contributed by atoms with Gasteiger partial charge in [-0.2, -0.15) is 0 Å². The number of phenols is 1. The molecule has 0 spiro atoms. The van der Waals surface area contributed by atoms with Gasteiger partial charge in [0.2, 0.25) is 0 Å². The van der Waals surface area contributed by atoms with Gasteiger partial charge in [0.1, 0.15) is 5.75 Å². The Bertz CT molecular complexity index is 363. The van der Waals surface area contributed by atoms with Gasteiger partial charge in [-0.1, -0.05) is 11.6 Å². The predicted molar refractivity (Wildman–Crippen MR) is 55.9 cm³/mol. The van der Waals surface area contributed by atoms with E-state index in [2.05, 4.69) is 0 Å². The van der Waals surface area contributed by atoms with Gasteiger partial charge in [0.15, 0.2) is 5.78 Å². The van der Waals surface area contributed by atoms with Gasteiger partial charge in [-0.15, -0.1) is 0 Å². The summed E-state index contributed by atoms with van der Waals surface area (Å²) >= 11 is 5.92. The Hall–Kier alpha value is -1.06. The number of ketones is 1. The Morgan fingerprint density at radius 2 is 2.21 bits per heavy atom. The monoisotopic (exact) mass is 213 g/mol. The normalized spacial score (nSPS) is 10.2. The number of hydrogen-bond donors (Lipinski definition) is 2. The maximum Gasteiger partial charge on any atom is 0.165 e. The molecular weight excluding hydrogens is 202 g/mol. The van der Waals surface area contributed by atoms with Crippen molar-refractivity contribution in [1.29, 1.82) is 0 Å². The van der Waals surface area contributed by atoms with Crippen LogP contribution in [-0.2, 0) is 0 Å². The van der Waals surface area contributed by atoms with Crippen LogP contribution in [0.15, 0.2) is 12.1 Å². The summed E-state index contributed by atoms with van der Waals surface area (Å²) in [6, 6.07) is 2.88. The van der Waals surface area contributed by atoms with E-state index in [4.69, 9.17) is 17.3 Å². The van der Waals surface area contributed by atoms with Gasteiger partial charge in [0.05, 0.1) is 5.02 Å². The lowest BCUT2D eigenvalue weighted by Gasteiger charge is -2.06. The van der Waals surface area contributed by atoms with Crippen molar-refractivity contribution in [3.8, 4) is 5.75 Å². The summed E-state index contributed by atoms with van der Waals surface area (Å²) in [4.78, 5) is 11.5. The number of aromatic hydroxyl groups is 1. The largest absolute Gasteiger partial charge is 0.508 e. The van der Waals surface area contributed by atoms with Gasteiger partial charge in [0, 0.05) is 12.0 Å². The van der Waals surface area contributed by atoms with E-state index in [-0.39, 0.29) is 24.5 Å². The summed E-state index contributed by atoms with van der Waals surface area (Å²) in [6.07, 6.45) is 0.239. The second kappa shape index (κ2) is 4.44. The van der Waals surface area contributed by atoms with Crippen LogP contribution >= 0.6 is 11.6 Å². The van der Waals surface area contributed by atoms with E-state index < -0.39 is 0 Å². The van der Waals surface area contributed by atoms with Crippen LogP contribution in [0, 0.1) is 6.92 Å². The highest BCUT2D eigenvalue weighted by molar-refractivity contribution is 6.34. The van der Waals surface area contributed by atoms with Crippen molar-refractivity contribution in [3.05, 3.63) is 28.3 Å². The van der Waals surface area contributed by atoms with Crippen LogP contribution in [0.3, 0.4) is 0 Å². The van der Waals surface area contributed by atoms with E-state index in [1.807, 2.05) is 0 Å². The lowest BCUT2D eigenvalue weighted by Crippen LogP contribution is -2.08. The number of hydrogen-bond acceptors (Lipinski definition) is 3. The molecule has 0 atom stereocenters. The van der Waals surface area contributed by atoms with Crippen LogP contribution in [0.1, 0.15) is 22.3 Å². The lowest BCUT2D eigenvalue weighted by molar-refractivity contribution is 0.0985. The molecular formula is C10H12ClNO2. The van der Waals surface area contributed by atoms with Crippen molar-refractivity contribution in [2.24, 2.45) is 5.73 Å². The molecule has 0 aliphatic carbocycles. The van der Waals surface area contributed by atoms with Gasteiger partial charge in [0.25, 0.3) is 0 Å². The topological polar surface area (TPSA) is 63.3 Å². The Morgan fingerprint density at radius 3 is 2.79 bits per heavy atom. The third kappa shape index (κ3) is 2.25. The first-order valence-electron chi connectivity index (χ1n) is 4.28. The van der Waals surface area contributed by atoms with Crippen molar-refractivity contribution in [2.75, 3.05) is 6.54 Å². The molecule has 3 nitrogen and oxygen atoms in total. The standard InChI is InChI=1S/C10H12ClNO2/c1-6-4-7(13)5-8(10(6)11)9(14)2-3-12/h4-5,13H,2-3,12H2,1H3. The zero-order valence-corrected chi connectivity index (χ0v) is 8.64. The zero-order valence-electron chi connectivity index (χ0n) is 7.88. The average Bonchev–Trinajstić information content (AvgIpc) is 2.11. The van der Waals surface area contributed by atoms with E-state index in [0.29, 0.717) is 16.1 Å². The Morgan fingerprint density at radius 1 is 1.57 bits per heavy atom. The molecule has 0 unspecified atom stereocenters. The van der Waals surface area contributed by atoms with Crippen molar-refractivity contribution < 1.29 is 9.90 Å². The molecule has 4 heteroatoms. The molecule has 0 aromatic heterocycles. The zero-order chi connectivity index (χ0) is 10.7. The molecule has 0 radical (unpaired) electrons. The van der Waals surface area contributed by atoms with E-state index in [9.17, 15) is 9.90 Å². The van der Waals surface area contributed by atoms with E-state index in [1.54, 1.807) is 6.92 Å². The highest BCUT2D eigenvalue weighted by Gasteiger charge is 2.12. The number of nitrogens with two attached hydrogens (primary N) is 1. The van der Waals surface area contributed by atoms with Gasteiger partial charge < -0.3 is 10.8 Å². The van der Waals surface area contributed by atoms with Crippen LogP contribution in [0.4, 0.5) is 0 Å². The van der Waals surface area contributed by atoms with Crippen molar-refractivity contribution in [3.63, 3.8) is 0 Å². The first-order valence-corrected chi connectivity index (χ1v) is 4.66. The molecule has 0 aliphatic rings. The molecule has 0 amide bonds. The Balaban J connectivity index is 3.13. The Kier molecular flexibility index (Phi) is 3.49. The maximum atomic E-state index is 11.5. The summed E-state index contributed by atoms with van der Waals surface area (Å²) in [6.45, 7) is 2.02. The number of benzene rings is 1. The molecule has 76 valence electrons. The van der Waals surface area contributed by atoms with Crippen LogP contribution in [0.2, 0.25) is 5.02 Å². The molecule has 1 aromatic rings. The second-order valence-electron chi connectivity index (χ2n) is 3.09. The van der Waals surface area contributed by atoms with E-state index in [1.165, 1.54) is 12.1 Å². The fraction of sp³-hybridized carbons (Fsp3) is 0.300. The molecule has 3 N–H and O–H groups in total. The number of aryl methyl sites for hydroxylation is 1. The van der Waals surface area contributed by atoms with Crippen molar-refractivity contribution in [2.45, 2.75) is 13.3 Å². The number of rotatable bonds is 3. The van der Waals surface area contributed by atoms with Gasteiger partial charge in [-0.25, -0.2) is 0 Å². The number of carbonyl (C=O) groups is 1. The fourth-order valence-electron chi connectivity index (χ4n) is 1.22. The average molecular weight is 214 g/mol. The SMILES string of the molecule is Cc1cc(O)cc(C(=O)CCN)c1Cl. The van der Waals surface area contributed by atoms with Gasteiger partial charge in [-0.3, -0.25) is 4.79 Å². The highest BCUT2D eigenvalue weighted by atomic mass is 35.5. The number of carbonyl (C=O) groups excluding carboxylic acids is 1. The quantitative estimate of drug-likeness (QED) is 0.754. The molecule has 0 heterocycles. The predicted octanol–water partition coefficient (Wildman–Crippen LogP) is 1.89. The minimum atomic E-state index is -0.142. The van der Waals surface area contributed by atoms with Crippen molar-refractivity contribution >= 4 is 17.4 Å². The molecule has 0 bridgehead atoms. The molecule has 0 saturated carbocycles. The summed E-state index contributed by atoms with van der Waals surface area (Å²) in [7, 11) is 0. The van der Waals surface area contributed by atoms with E-state index in [0.717, 1.165) is 0 Å². The van der Waals surface area contributed by atoms with Gasteiger partial charge >= 0.3 is 0 Å². The summed E-state index contributed by atoms with van der Waals surface area (Å²) in [5.41, 5.74) is 6.30. The minimum absolute atomic E-state index is 0.0484. The number of Topliss-reactive ketones (excluding diaryl/α,β-unsaturated/α-hetero) is 1. The maximum absolute atomic E-state index is 11.5. The van der Waals surface area contributed by atoms with Crippen molar-refractivity contribution in [1.82, 2.24) is 0 Å². The number of phenolic OH excluding ortho intramolecular Hbond substituents is 1. The molecule has 1 aromatic carbocycles. The fourth-order valence-corrected chi connectivity index (χ4v) is 1.43. The smallest absolute Gasteiger partial charge is 0.165 e. The molecule has 0 saturated heterocycles. The third-order valence-corrected chi connectivity index (χ3v) is 2.41. The summed E-state index contributed by atoms with van der Waals surface area (Å²) < 4.78 is 0. The first-order chi connectivity index (χ1) is 6.56. The molecule has 14 heavy (non-hydrogen) atoms. The number of halogens is 1.